The fourth-order valence-corrected chi connectivity index (χ4v) is 1.40. The van der Waals surface area contributed by atoms with E-state index in [2.05, 4.69) is 17.9 Å². The first-order chi connectivity index (χ1) is 10.4. The van der Waals surface area contributed by atoms with Crippen LogP contribution in [0.5, 0.6) is 0 Å². The summed E-state index contributed by atoms with van der Waals surface area (Å²) in [4.78, 5) is 22.8. The van der Waals surface area contributed by atoms with Crippen molar-refractivity contribution in [2.45, 2.75) is 6.92 Å². The largest absolute Gasteiger partial charge is 0.466 e. The van der Waals surface area contributed by atoms with E-state index in [9.17, 15) is 9.59 Å². The summed E-state index contributed by atoms with van der Waals surface area (Å²) in [6.07, 6.45) is 5.80. The van der Waals surface area contributed by atoms with E-state index in [-0.39, 0.29) is 5.76 Å². The number of aryl methyl sites for hydroxylation is 1. The molecule has 0 fully saturated rings. The van der Waals surface area contributed by atoms with E-state index in [1.54, 1.807) is 18.2 Å². The zero-order chi connectivity index (χ0) is 16.5. The van der Waals surface area contributed by atoms with Gasteiger partial charge >= 0.3 is 11.9 Å². The summed E-state index contributed by atoms with van der Waals surface area (Å²) in [6.45, 7) is 9.29. The smallest absolute Gasteiger partial charge is 0.343 e. The van der Waals surface area contributed by atoms with Crippen molar-refractivity contribution in [3.05, 3.63) is 84.2 Å². The summed E-state index contributed by atoms with van der Waals surface area (Å²) in [5.74, 6) is -0.775. The Morgan fingerprint density at radius 3 is 2.18 bits per heavy atom. The predicted octanol–water partition coefficient (Wildman–Crippen LogP) is 3.51. The van der Waals surface area contributed by atoms with Crippen molar-refractivity contribution >= 4 is 11.9 Å². The topological polar surface area (TPSA) is 52.6 Å². The summed E-state index contributed by atoms with van der Waals surface area (Å²) in [5.41, 5.74) is 2.05. The summed E-state index contributed by atoms with van der Waals surface area (Å²) in [6, 6.07) is 7.03. The molecule has 1 aromatic carbocycles. The molecule has 0 atom stereocenters. The maximum atomic E-state index is 11.9. The second kappa shape index (κ2) is 8.42. The van der Waals surface area contributed by atoms with E-state index >= 15 is 0 Å². The van der Waals surface area contributed by atoms with Crippen LogP contribution in [0.1, 0.15) is 15.9 Å². The highest BCUT2D eigenvalue weighted by Gasteiger charge is 2.07. The van der Waals surface area contributed by atoms with Gasteiger partial charge in [0.15, 0.2) is 0 Å². The maximum absolute atomic E-state index is 11.9. The van der Waals surface area contributed by atoms with Crippen molar-refractivity contribution in [1.82, 2.24) is 0 Å². The second-order valence-electron chi connectivity index (χ2n) is 4.49. The lowest BCUT2D eigenvalue weighted by molar-refractivity contribution is -0.134. The van der Waals surface area contributed by atoms with Crippen LogP contribution in [0, 0.1) is 6.92 Å². The molecule has 0 spiro atoms. The normalized spacial score (nSPS) is 10.6. The van der Waals surface area contributed by atoms with Crippen LogP contribution in [0.4, 0.5) is 0 Å². The first-order valence-electron chi connectivity index (χ1n) is 6.53. The third-order valence-electron chi connectivity index (χ3n) is 2.63. The number of carbonyl (C=O) groups excluding carboxylic acids is 2. The van der Waals surface area contributed by atoms with Crippen molar-refractivity contribution in [3.63, 3.8) is 0 Å². The molecule has 22 heavy (non-hydrogen) atoms. The molecular formula is C18H18O4. The molecule has 0 aromatic heterocycles. The first-order valence-corrected chi connectivity index (χ1v) is 6.53. The third kappa shape index (κ3) is 6.05. The number of ether oxygens (including phenoxy) is 2. The van der Waals surface area contributed by atoms with Gasteiger partial charge < -0.3 is 9.47 Å². The number of rotatable bonds is 6. The van der Waals surface area contributed by atoms with Gasteiger partial charge in [0.2, 0.25) is 0 Å². The Balaban J connectivity index is 2.55. The zero-order valence-electron chi connectivity index (χ0n) is 12.7. The molecule has 1 rings (SSSR count). The highest BCUT2D eigenvalue weighted by Crippen LogP contribution is 2.09. The van der Waals surface area contributed by atoms with Crippen molar-refractivity contribution in [3.8, 4) is 0 Å². The number of esters is 2. The second-order valence-corrected chi connectivity index (χ2v) is 4.49. The highest BCUT2D eigenvalue weighted by molar-refractivity contribution is 5.90. The molecular weight excluding hydrogens is 280 g/mol. The van der Waals surface area contributed by atoms with Gasteiger partial charge in [0.25, 0.3) is 0 Å². The Bertz CT molecular complexity index is 634. The van der Waals surface area contributed by atoms with Crippen LogP contribution in [0.3, 0.4) is 0 Å². The summed E-state index contributed by atoms with van der Waals surface area (Å²) in [5, 5.41) is 0. The van der Waals surface area contributed by atoms with Gasteiger partial charge in [0.1, 0.15) is 5.76 Å². The van der Waals surface area contributed by atoms with Crippen molar-refractivity contribution in [2.75, 3.05) is 7.11 Å². The molecule has 0 unspecified atom stereocenters. The monoisotopic (exact) mass is 298 g/mol. The van der Waals surface area contributed by atoms with E-state index < -0.39 is 11.9 Å². The Morgan fingerprint density at radius 1 is 1.00 bits per heavy atom. The Morgan fingerprint density at radius 2 is 1.59 bits per heavy atom. The molecule has 0 N–H and O–H groups in total. The molecule has 4 nitrogen and oxygen atoms in total. The van der Waals surface area contributed by atoms with Crippen LogP contribution >= 0.6 is 0 Å². The Hall–Kier alpha value is -2.88. The van der Waals surface area contributed by atoms with Crippen LogP contribution in [0.15, 0.2) is 73.1 Å². The summed E-state index contributed by atoms with van der Waals surface area (Å²) >= 11 is 0. The van der Waals surface area contributed by atoms with Gasteiger partial charge in [-0.2, -0.15) is 0 Å². The SMILES string of the molecule is C=C(/C=C\C(=C)OC(=O)c1ccc(C)cc1)/C=C/C(=O)OC. The number of carbonyl (C=O) groups is 2. The van der Waals surface area contributed by atoms with Gasteiger partial charge in [-0.25, -0.2) is 9.59 Å². The first kappa shape index (κ1) is 17.2. The van der Waals surface area contributed by atoms with Crippen LogP contribution in [0.2, 0.25) is 0 Å². The molecule has 0 aliphatic rings. The van der Waals surface area contributed by atoms with Crippen molar-refractivity contribution in [2.24, 2.45) is 0 Å². The highest BCUT2D eigenvalue weighted by atomic mass is 16.5. The fourth-order valence-electron chi connectivity index (χ4n) is 1.40. The lowest BCUT2D eigenvalue weighted by atomic mass is 10.1. The van der Waals surface area contributed by atoms with E-state index in [1.807, 2.05) is 19.1 Å². The number of hydrogen-bond acceptors (Lipinski definition) is 4. The number of benzene rings is 1. The Labute approximate surface area is 130 Å². The maximum Gasteiger partial charge on any atom is 0.343 e. The lowest BCUT2D eigenvalue weighted by Gasteiger charge is -2.04. The minimum absolute atomic E-state index is 0.179. The molecule has 0 aliphatic carbocycles. The van der Waals surface area contributed by atoms with E-state index in [0.29, 0.717) is 11.1 Å². The van der Waals surface area contributed by atoms with Gasteiger partial charge in [-0.1, -0.05) is 36.9 Å². The molecule has 0 radical (unpaired) electrons. The van der Waals surface area contributed by atoms with Gasteiger partial charge in [0.05, 0.1) is 12.7 Å². The number of methoxy groups -OCH3 is 1. The number of allylic oxidation sites excluding steroid dienone is 4. The molecule has 0 saturated heterocycles. The van der Waals surface area contributed by atoms with E-state index in [0.717, 1.165) is 5.56 Å². The molecule has 0 aliphatic heterocycles. The molecule has 0 saturated carbocycles. The fraction of sp³-hybridized carbons (Fsp3) is 0.111. The van der Waals surface area contributed by atoms with Crippen LogP contribution in [-0.2, 0) is 14.3 Å². The van der Waals surface area contributed by atoms with Gasteiger partial charge in [-0.3, -0.25) is 0 Å². The summed E-state index contributed by atoms with van der Waals surface area (Å²) in [7, 11) is 1.29. The summed E-state index contributed by atoms with van der Waals surface area (Å²) < 4.78 is 9.55. The lowest BCUT2D eigenvalue weighted by Crippen LogP contribution is -2.03. The van der Waals surface area contributed by atoms with Crippen LogP contribution < -0.4 is 0 Å². The quantitative estimate of drug-likeness (QED) is 0.349. The van der Waals surface area contributed by atoms with E-state index in [1.165, 1.54) is 25.3 Å². The average Bonchev–Trinajstić information content (AvgIpc) is 2.51. The molecule has 4 heteroatoms. The molecule has 0 amide bonds. The molecule has 0 bridgehead atoms. The standard InChI is InChI=1S/C18H18O4/c1-13(8-12-17(19)21-4)5-9-15(3)22-18(20)16-10-6-14(2)7-11-16/h5-12H,1,3H2,2,4H3/b9-5-,12-8+. The van der Waals surface area contributed by atoms with Gasteiger partial charge in [-0.15, -0.1) is 0 Å². The van der Waals surface area contributed by atoms with Crippen molar-refractivity contribution < 1.29 is 19.1 Å². The van der Waals surface area contributed by atoms with Gasteiger partial charge in [-0.05, 0) is 36.8 Å². The van der Waals surface area contributed by atoms with E-state index in [4.69, 9.17) is 4.74 Å². The minimum atomic E-state index is -0.481. The third-order valence-corrected chi connectivity index (χ3v) is 2.63. The van der Waals surface area contributed by atoms with Crippen LogP contribution in [0.25, 0.3) is 0 Å². The number of hydrogen-bond donors (Lipinski definition) is 0. The molecule has 114 valence electrons. The van der Waals surface area contributed by atoms with Crippen molar-refractivity contribution in [1.29, 1.82) is 0 Å². The predicted molar refractivity (Wildman–Crippen MR) is 85.2 cm³/mol. The zero-order valence-corrected chi connectivity index (χ0v) is 12.7. The Kier molecular flexibility index (Phi) is 6.57. The molecule has 1 aromatic rings. The minimum Gasteiger partial charge on any atom is -0.466 e. The van der Waals surface area contributed by atoms with Gasteiger partial charge in [0, 0.05) is 6.08 Å². The van der Waals surface area contributed by atoms with Crippen LogP contribution in [-0.4, -0.2) is 19.0 Å². The molecule has 0 heterocycles. The average molecular weight is 298 g/mol.